The molecule has 0 fully saturated rings. The third-order valence-corrected chi connectivity index (χ3v) is 5.19. The number of benzene rings is 1. The molecule has 5 heterocycles. The second-order valence-corrected chi connectivity index (χ2v) is 7.18. The minimum absolute atomic E-state index is 0. The predicted molar refractivity (Wildman–Crippen MR) is 113 cm³/mol. The summed E-state index contributed by atoms with van der Waals surface area (Å²) < 4.78 is 0. The molecule has 6 rings (SSSR count). The van der Waals surface area contributed by atoms with Crippen molar-refractivity contribution in [1.82, 2.24) is 19.9 Å². The molecule has 0 radical (unpaired) electrons. The van der Waals surface area contributed by atoms with Gasteiger partial charge in [0.2, 0.25) is 0 Å². The van der Waals surface area contributed by atoms with Crippen LogP contribution in [-0.2, 0) is 21.1 Å². The van der Waals surface area contributed by atoms with Crippen LogP contribution in [0.5, 0.6) is 0 Å². The van der Waals surface area contributed by atoms with Gasteiger partial charge in [0.05, 0.1) is 0 Å². The van der Waals surface area contributed by atoms with E-state index in [1.165, 1.54) is 10.8 Å². The van der Waals surface area contributed by atoms with E-state index in [4.69, 9.17) is 0 Å². The van der Waals surface area contributed by atoms with Gasteiger partial charge in [0, 0.05) is 76.0 Å². The smallest absolute Gasteiger partial charge is 0.0485 e. The van der Waals surface area contributed by atoms with Crippen LogP contribution in [0.2, 0.25) is 0 Å². The van der Waals surface area contributed by atoms with E-state index in [2.05, 4.69) is 105 Å². The number of aromatic amines is 4. The third kappa shape index (κ3) is 3.26. The van der Waals surface area contributed by atoms with Gasteiger partial charge in [-0.2, -0.15) is 0 Å². The molecule has 8 bridgehead atoms. The first kappa shape index (κ1) is 17.8. The van der Waals surface area contributed by atoms with Crippen molar-refractivity contribution >= 4 is 35.1 Å². The van der Waals surface area contributed by atoms with Crippen LogP contribution >= 0.6 is 0 Å². The molecule has 0 saturated carbocycles. The van der Waals surface area contributed by atoms with Gasteiger partial charge in [-0.25, -0.2) is 0 Å². The van der Waals surface area contributed by atoms with Gasteiger partial charge in [-0.3, -0.25) is 0 Å². The second-order valence-electron chi connectivity index (χ2n) is 7.18. The van der Waals surface area contributed by atoms with Gasteiger partial charge in [0.1, 0.15) is 0 Å². The molecule has 0 amide bonds. The molecule has 29 heavy (non-hydrogen) atoms. The quantitative estimate of drug-likeness (QED) is 0.220. The Kier molecular flexibility index (Phi) is 4.29. The van der Waals surface area contributed by atoms with Crippen molar-refractivity contribution < 1.29 is 21.1 Å². The molecule has 0 saturated heterocycles. The van der Waals surface area contributed by atoms with Gasteiger partial charge in [-0.1, -0.05) is 24.3 Å². The number of H-pyrrole nitrogens is 4. The van der Waals surface area contributed by atoms with Crippen molar-refractivity contribution in [1.29, 1.82) is 0 Å². The number of hydrogen-bond donors (Lipinski definition) is 4. The summed E-state index contributed by atoms with van der Waals surface area (Å²) >= 11 is 0. The Morgan fingerprint density at radius 1 is 0.414 bits per heavy atom. The maximum absolute atomic E-state index is 3.59. The minimum atomic E-state index is 0. The van der Waals surface area contributed by atoms with E-state index in [0.29, 0.717) is 0 Å². The van der Waals surface area contributed by atoms with Gasteiger partial charge < -0.3 is 19.9 Å². The first-order valence-corrected chi connectivity index (χ1v) is 9.37. The Balaban J connectivity index is 0.00000181. The number of aromatic nitrogens is 4. The average molecular weight is 558 g/mol. The number of fused-ring (bicyclic) bond motifs is 11. The fraction of sp³-hybridized carbons (Fsp3) is 0. The standard InChI is InChI=1S/C24H18N4.Pt/c1-2-4-22-21(3-1)23-13-19-9-7-17(26-19)11-15-5-6-16(25-15)12-18-8-10-20(27-18)14-24(22)28-23;/h1-14,25-28H;. The van der Waals surface area contributed by atoms with Crippen LogP contribution in [-0.4, -0.2) is 19.9 Å². The van der Waals surface area contributed by atoms with Crippen molar-refractivity contribution in [3.8, 4) is 0 Å². The third-order valence-electron chi connectivity index (χ3n) is 5.19. The van der Waals surface area contributed by atoms with E-state index in [1.54, 1.807) is 0 Å². The average Bonchev–Trinajstić information content (AvgIpc) is 3.47. The van der Waals surface area contributed by atoms with E-state index in [0.717, 1.165) is 44.2 Å². The van der Waals surface area contributed by atoms with Crippen LogP contribution in [0.3, 0.4) is 0 Å². The molecule has 0 spiro atoms. The number of rotatable bonds is 0. The zero-order chi connectivity index (χ0) is 18.5. The molecule has 1 aliphatic heterocycles. The molecular formula is C24H18N4Pt. The zero-order valence-electron chi connectivity index (χ0n) is 15.4. The van der Waals surface area contributed by atoms with E-state index < -0.39 is 0 Å². The first-order chi connectivity index (χ1) is 13.8. The van der Waals surface area contributed by atoms with E-state index in [-0.39, 0.29) is 21.1 Å². The first-order valence-electron chi connectivity index (χ1n) is 9.37. The maximum atomic E-state index is 3.59. The van der Waals surface area contributed by atoms with E-state index in [9.17, 15) is 0 Å². The zero-order valence-corrected chi connectivity index (χ0v) is 17.7. The van der Waals surface area contributed by atoms with Crippen LogP contribution in [0, 0.1) is 0 Å². The largest absolute Gasteiger partial charge is 0.355 e. The summed E-state index contributed by atoms with van der Waals surface area (Å²) in [5.41, 5.74) is 4.27. The molecule has 5 aromatic rings. The van der Waals surface area contributed by atoms with Crippen LogP contribution in [0.1, 0.15) is 22.8 Å². The van der Waals surface area contributed by atoms with E-state index in [1.807, 2.05) is 0 Å². The summed E-state index contributed by atoms with van der Waals surface area (Å²) in [6.07, 6.45) is 8.56. The van der Waals surface area contributed by atoms with Crippen molar-refractivity contribution in [3.63, 3.8) is 0 Å². The fourth-order valence-electron chi connectivity index (χ4n) is 3.90. The summed E-state index contributed by atoms with van der Waals surface area (Å²) in [6, 6.07) is 21.1. The van der Waals surface area contributed by atoms with Gasteiger partial charge >= 0.3 is 0 Å². The van der Waals surface area contributed by atoms with E-state index >= 15 is 0 Å². The molecule has 4 nitrogen and oxygen atoms in total. The van der Waals surface area contributed by atoms with Crippen molar-refractivity contribution in [2.24, 2.45) is 0 Å². The molecule has 4 aromatic heterocycles. The fourth-order valence-corrected chi connectivity index (χ4v) is 3.90. The van der Waals surface area contributed by atoms with Gasteiger partial charge in [-0.05, 0) is 60.7 Å². The molecule has 4 N–H and O–H groups in total. The molecule has 5 heteroatoms. The molecule has 0 atom stereocenters. The summed E-state index contributed by atoms with van der Waals surface area (Å²) in [5, 5.41) is 6.76. The summed E-state index contributed by atoms with van der Waals surface area (Å²) in [5.74, 6) is 0. The van der Waals surface area contributed by atoms with Crippen molar-refractivity contribution in [2.75, 3.05) is 0 Å². The van der Waals surface area contributed by atoms with Gasteiger partial charge in [0.15, 0.2) is 0 Å². The van der Waals surface area contributed by atoms with Crippen LogP contribution < -0.4 is 21.4 Å². The summed E-state index contributed by atoms with van der Waals surface area (Å²) in [6.45, 7) is 0. The molecule has 144 valence electrons. The molecule has 1 aliphatic rings. The van der Waals surface area contributed by atoms with Crippen LogP contribution in [0.4, 0.5) is 0 Å². The minimum Gasteiger partial charge on any atom is -0.355 e. The predicted octanol–water partition coefficient (Wildman–Crippen LogP) is 1.78. The van der Waals surface area contributed by atoms with Crippen molar-refractivity contribution in [3.05, 3.63) is 105 Å². The SMILES string of the molecule is C1=c2ccc([nH]2)=Cc2ccc([nH]2)C=c2[nH]c(c3ccccc23)=Cc2ccc1[nH]2.[Pt]. The normalized spacial score (nSPS) is 12.3. The Labute approximate surface area is 180 Å². The molecule has 0 aliphatic carbocycles. The maximum Gasteiger partial charge on any atom is 0.0485 e. The summed E-state index contributed by atoms with van der Waals surface area (Å²) in [7, 11) is 0. The Morgan fingerprint density at radius 3 is 1.34 bits per heavy atom. The molecule has 0 unspecified atom stereocenters. The molecule has 1 aromatic carbocycles. The summed E-state index contributed by atoms with van der Waals surface area (Å²) in [4.78, 5) is 14.0. The van der Waals surface area contributed by atoms with Crippen LogP contribution in [0.25, 0.3) is 35.1 Å². The van der Waals surface area contributed by atoms with Crippen molar-refractivity contribution in [2.45, 2.75) is 0 Å². The Hall–Kier alpha value is -3.23. The molecular weight excluding hydrogens is 539 g/mol. The number of hydrogen-bond acceptors (Lipinski definition) is 0. The second kappa shape index (κ2) is 6.98. The van der Waals surface area contributed by atoms with Crippen LogP contribution in [0.15, 0.2) is 60.7 Å². The van der Waals surface area contributed by atoms with Gasteiger partial charge in [0.25, 0.3) is 0 Å². The topological polar surface area (TPSA) is 63.2 Å². The van der Waals surface area contributed by atoms with Gasteiger partial charge in [-0.15, -0.1) is 0 Å². The Morgan fingerprint density at radius 2 is 0.862 bits per heavy atom. The number of nitrogens with one attached hydrogen (secondary N) is 4. The Bertz CT molecular complexity index is 1460. The monoisotopic (exact) mass is 557 g/mol.